The molecule has 3 aromatic carbocycles. The maximum atomic E-state index is 13.5. The smallest absolute Gasteiger partial charge is 0.300 e. The summed E-state index contributed by atoms with van der Waals surface area (Å²) in [6.07, 6.45) is 0. The topological polar surface area (TPSA) is 85.3 Å². The number of rotatable bonds is 9. The van der Waals surface area contributed by atoms with Crippen molar-refractivity contribution in [2.45, 2.75) is 40.7 Å². The summed E-state index contributed by atoms with van der Waals surface area (Å²) in [5.41, 5.74) is 3.41. The number of amides is 1. The maximum absolute atomic E-state index is 13.5. The van der Waals surface area contributed by atoms with Crippen molar-refractivity contribution in [2.75, 3.05) is 24.7 Å². The lowest BCUT2D eigenvalue weighted by molar-refractivity contribution is -0.132. The summed E-state index contributed by atoms with van der Waals surface area (Å²) in [6, 6.07) is 17.1. The van der Waals surface area contributed by atoms with Gasteiger partial charge < -0.3 is 19.3 Å². The van der Waals surface area contributed by atoms with Gasteiger partial charge in [-0.25, -0.2) is 0 Å². The highest BCUT2D eigenvalue weighted by Crippen LogP contribution is 2.44. The SMILES string of the molecule is CCOc1ccc(/C(O)=C2\C(=O)C(=O)N(c3ccc(OCC)c(OCC)c3)C2c2cccc(C)c2)cc1C. The predicted octanol–water partition coefficient (Wildman–Crippen LogP) is 6.13. The quantitative estimate of drug-likeness (QED) is 0.210. The van der Waals surface area contributed by atoms with Crippen LogP contribution in [0.4, 0.5) is 5.69 Å². The van der Waals surface area contributed by atoms with E-state index < -0.39 is 17.7 Å². The average molecular weight is 516 g/mol. The second-order valence-electron chi connectivity index (χ2n) is 8.99. The number of carbonyl (C=O) groups is 2. The Kier molecular flexibility index (Phi) is 8.05. The maximum Gasteiger partial charge on any atom is 0.300 e. The molecule has 198 valence electrons. The van der Waals surface area contributed by atoms with E-state index in [0.29, 0.717) is 53.9 Å². The lowest BCUT2D eigenvalue weighted by atomic mass is 9.94. The zero-order valence-electron chi connectivity index (χ0n) is 22.4. The van der Waals surface area contributed by atoms with E-state index in [-0.39, 0.29) is 11.3 Å². The number of aryl methyl sites for hydroxylation is 2. The van der Waals surface area contributed by atoms with Crippen molar-refractivity contribution >= 4 is 23.1 Å². The largest absolute Gasteiger partial charge is 0.507 e. The summed E-state index contributed by atoms with van der Waals surface area (Å²) in [4.78, 5) is 28.5. The van der Waals surface area contributed by atoms with Gasteiger partial charge in [-0.2, -0.15) is 0 Å². The first-order chi connectivity index (χ1) is 18.3. The molecular weight excluding hydrogens is 482 g/mol. The number of aliphatic hydroxyl groups is 1. The van der Waals surface area contributed by atoms with Crippen molar-refractivity contribution in [3.05, 3.63) is 88.5 Å². The van der Waals surface area contributed by atoms with Crippen molar-refractivity contribution in [3.8, 4) is 17.2 Å². The van der Waals surface area contributed by atoms with Gasteiger partial charge in [0.15, 0.2) is 11.5 Å². The zero-order valence-corrected chi connectivity index (χ0v) is 22.4. The lowest BCUT2D eigenvalue weighted by Crippen LogP contribution is -2.29. The number of ketones is 1. The molecule has 1 fully saturated rings. The molecule has 38 heavy (non-hydrogen) atoms. The molecule has 0 spiro atoms. The number of Topliss-reactive ketones (excluding diaryl/α,β-unsaturated/α-hetero) is 1. The molecule has 0 saturated carbocycles. The monoisotopic (exact) mass is 515 g/mol. The summed E-state index contributed by atoms with van der Waals surface area (Å²) in [5, 5.41) is 11.5. The second kappa shape index (κ2) is 11.4. The molecule has 1 heterocycles. The van der Waals surface area contributed by atoms with Gasteiger partial charge in [-0.1, -0.05) is 29.8 Å². The number of hydrogen-bond acceptors (Lipinski definition) is 6. The third kappa shape index (κ3) is 5.09. The third-order valence-electron chi connectivity index (χ3n) is 6.36. The molecule has 0 radical (unpaired) electrons. The molecule has 1 aliphatic rings. The van der Waals surface area contributed by atoms with E-state index in [0.717, 1.165) is 11.1 Å². The highest BCUT2D eigenvalue weighted by atomic mass is 16.5. The number of benzene rings is 3. The number of hydrogen-bond donors (Lipinski definition) is 1. The van der Waals surface area contributed by atoms with Gasteiger partial charge in [0.2, 0.25) is 0 Å². The molecular formula is C31H33NO6. The van der Waals surface area contributed by atoms with Crippen LogP contribution in [0, 0.1) is 13.8 Å². The van der Waals surface area contributed by atoms with E-state index >= 15 is 0 Å². The van der Waals surface area contributed by atoms with E-state index in [2.05, 4.69) is 0 Å². The van der Waals surface area contributed by atoms with Gasteiger partial charge in [0.1, 0.15) is 11.5 Å². The number of carbonyl (C=O) groups excluding carboxylic acids is 2. The molecule has 3 aromatic rings. The minimum Gasteiger partial charge on any atom is -0.507 e. The van der Waals surface area contributed by atoms with Gasteiger partial charge in [0.05, 0.1) is 31.4 Å². The Morgan fingerprint density at radius 2 is 1.47 bits per heavy atom. The van der Waals surface area contributed by atoms with E-state index in [4.69, 9.17) is 14.2 Å². The Hall–Kier alpha value is -4.26. The third-order valence-corrected chi connectivity index (χ3v) is 6.36. The molecule has 1 N–H and O–H groups in total. The fourth-order valence-electron chi connectivity index (χ4n) is 4.71. The van der Waals surface area contributed by atoms with Crippen LogP contribution in [0.5, 0.6) is 17.2 Å². The molecule has 0 bridgehead atoms. The fourth-order valence-corrected chi connectivity index (χ4v) is 4.71. The van der Waals surface area contributed by atoms with Crippen LogP contribution in [0.25, 0.3) is 5.76 Å². The van der Waals surface area contributed by atoms with Crippen molar-refractivity contribution in [1.82, 2.24) is 0 Å². The van der Waals surface area contributed by atoms with Crippen molar-refractivity contribution in [3.63, 3.8) is 0 Å². The van der Waals surface area contributed by atoms with E-state index in [1.165, 1.54) is 4.90 Å². The van der Waals surface area contributed by atoms with E-state index in [9.17, 15) is 14.7 Å². The van der Waals surface area contributed by atoms with Crippen LogP contribution >= 0.6 is 0 Å². The van der Waals surface area contributed by atoms with Crippen LogP contribution in [0.3, 0.4) is 0 Å². The summed E-state index contributed by atoms with van der Waals surface area (Å²) >= 11 is 0. The molecule has 1 saturated heterocycles. The first-order valence-corrected chi connectivity index (χ1v) is 12.8. The fraction of sp³-hybridized carbons (Fsp3) is 0.290. The number of anilines is 1. The van der Waals surface area contributed by atoms with Crippen LogP contribution in [0.2, 0.25) is 0 Å². The summed E-state index contributed by atoms with van der Waals surface area (Å²) in [6.45, 7) is 10.8. The highest BCUT2D eigenvalue weighted by Gasteiger charge is 2.47. The molecule has 7 nitrogen and oxygen atoms in total. The van der Waals surface area contributed by atoms with Gasteiger partial charge in [-0.15, -0.1) is 0 Å². The number of ether oxygens (including phenoxy) is 3. The zero-order chi connectivity index (χ0) is 27.4. The standard InChI is InChI=1S/C31H33NO6/c1-6-36-24-14-12-22(17-20(24)5)29(33)27-28(21-11-9-10-19(4)16-21)32(31(35)30(27)34)23-13-15-25(37-7-2)26(18-23)38-8-3/h9-18,28,33H,6-8H2,1-5H3/b29-27+. The van der Waals surface area contributed by atoms with Crippen LogP contribution in [0.15, 0.2) is 66.2 Å². The molecule has 1 unspecified atom stereocenters. The number of nitrogens with zero attached hydrogens (tertiary/aromatic N) is 1. The molecule has 7 heteroatoms. The van der Waals surface area contributed by atoms with Gasteiger partial charge in [-0.3, -0.25) is 14.5 Å². The van der Waals surface area contributed by atoms with Crippen LogP contribution in [0.1, 0.15) is 49.1 Å². The van der Waals surface area contributed by atoms with Gasteiger partial charge in [-0.05, 0) is 76.1 Å². The average Bonchev–Trinajstić information content (AvgIpc) is 3.16. The van der Waals surface area contributed by atoms with E-state index in [1.807, 2.05) is 58.9 Å². The van der Waals surface area contributed by atoms with Gasteiger partial charge in [0.25, 0.3) is 11.7 Å². The molecule has 4 rings (SSSR count). The Balaban J connectivity index is 1.91. The Morgan fingerprint density at radius 1 is 0.816 bits per heavy atom. The minimum absolute atomic E-state index is 0.0241. The van der Waals surface area contributed by atoms with Crippen molar-refractivity contribution in [2.24, 2.45) is 0 Å². The summed E-state index contributed by atoms with van der Waals surface area (Å²) in [5.74, 6) is -0.0118. The first kappa shape index (κ1) is 26.8. The van der Waals surface area contributed by atoms with Crippen LogP contribution in [-0.4, -0.2) is 36.6 Å². The summed E-state index contributed by atoms with van der Waals surface area (Å²) in [7, 11) is 0. The first-order valence-electron chi connectivity index (χ1n) is 12.8. The van der Waals surface area contributed by atoms with Crippen molar-refractivity contribution in [1.29, 1.82) is 0 Å². The second-order valence-corrected chi connectivity index (χ2v) is 8.99. The minimum atomic E-state index is -0.839. The van der Waals surface area contributed by atoms with Gasteiger partial charge in [0, 0.05) is 17.3 Å². The molecule has 0 aliphatic carbocycles. The summed E-state index contributed by atoms with van der Waals surface area (Å²) < 4.78 is 17.1. The molecule has 0 aromatic heterocycles. The molecule has 1 aliphatic heterocycles. The lowest BCUT2D eigenvalue weighted by Gasteiger charge is -2.26. The normalized spacial score (nSPS) is 16.6. The van der Waals surface area contributed by atoms with Crippen LogP contribution < -0.4 is 19.1 Å². The highest BCUT2D eigenvalue weighted by molar-refractivity contribution is 6.51. The van der Waals surface area contributed by atoms with Gasteiger partial charge >= 0.3 is 0 Å². The molecule has 1 amide bonds. The Bertz CT molecular complexity index is 1390. The number of aliphatic hydroxyl groups excluding tert-OH is 1. The van der Waals surface area contributed by atoms with E-state index in [1.54, 1.807) is 36.4 Å². The van der Waals surface area contributed by atoms with Crippen molar-refractivity contribution < 1.29 is 28.9 Å². The Labute approximate surface area is 223 Å². The predicted molar refractivity (Wildman–Crippen MR) is 147 cm³/mol. The van der Waals surface area contributed by atoms with Crippen LogP contribution in [-0.2, 0) is 9.59 Å². The Morgan fingerprint density at radius 3 is 2.13 bits per heavy atom. The molecule has 1 atom stereocenters.